The Hall–Kier alpha value is -3.22. The molecule has 7 heteroatoms. The maximum absolute atomic E-state index is 5.46. The van der Waals surface area contributed by atoms with Crippen molar-refractivity contribution in [2.45, 2.75) is 6.42 Å². The Morgan fingerprint density at radius 3 is 2.50 bits per heavy atom. The van der Waals surface area contributed by atoms with Gasteiger partial charge in [0.15, 0.2) is 17.3 Å². The van der Waals surface area contributed by atoms with Gasteiger partial charge < -0.3 is 9.47 Å². The van der Waals surface area contributed by atoms with Crippen molar-refractivity contribution < 1.29 is 9.47 Å². The average Bonchev–Trinajstić information content (AvgIpc) is 3.01. The first-order chi connectivity index (χ1) is 11.8. The van der Waals surface area contributed by atoms with Crippen LogP contribution in [0.5, 0.6) is 11.5 Å². The third-order valence-electron chi connectivity index (χ3n) is 3.97. The maximum atomic E-state index is 5.46. The van der Waals surface area contributed by atoms with E-state index in [4.69, 9.17) is 9.47 Å². The van der Waals surface area contributed by atoms with Crippen molar-refractivity contribution in [1.29, 1.82) is 0 Å². The molecule has 0 fully saturated rings. The van der Waals surface area contributed by atoms with Crippen molar-refractivity contribution in [1.82, 2.24) is 20.3 Å². The highest BCUT2D eigenvalue weighted by Crippen LogP contribution is 2.33. The zero-order valence-corrected chi connectivity index (χ0v) is 13.3. The number of tetrazole rings is 1. The van der Waals surface area contributed by atoms with Crippen molar-refractivity contribution in [3.05, 3.63) is 65.0 Å². The van der Waals surface area contributed by atoms with E-state index in [2.05, 4.69) is 20.6 Å². The molecule has 0 unspecified atom stereocenters. The second-order valence-corrected chi connectivity index (χ2v) is 5.34. The van der Waals surface area contributed by atoms with Crippen LogP contribution < -0.4 is 9.47 Å². The molecule has 0 saturated heterocycles. The van der Waals surface area contributed by atoms with Crippen LogP contribution in [0.3, 0.4) is 0 Å². The number of rotatable bonds is 3. The van der Waals surface area contributed by atoms with Crippen LogP contribution in [0.25, 0.3) is 0 Å². The van der Waals surface area contributed by atoms with Crippen molar-refractivity contribution in [3.63, 3.8) is 0 Å². The normalized spacial score (nSPS) is 12.7. The van der Waals surface area contributed by atoms with Gasteiger partial charge in [-0.2, -0.15) is 0 Å². The summed E-state index contributed by atoms with van der Waals surface area (Å²) < 4.78 is 10.9. The van der Waals surface area contributed by atoms with Gasteiger partial charge in [0, 0.05) is 17.5 Å². The maximum Gasteiger partial charge on any atom is 0.181 e. The second-order valence-electron chi connectivity index (χ2n) is 5.34. The largest absolute Gasteiger partial charge is 0.493 e. The minimum atomic E-state index is 0.558. The fourth-order valence-corrected chi connectivity index (χ4v) is 2.80. The third kappa shape index (κ3) is 2.30. The van der Waals surface area contributed by atoms with Crippen molar-refractivity contribution >= 4 is 5.71 Å². The Bertz CT molecular complexity index is 918. The first-order valence-electron chi connectivity index (χ1n) is 7.47. The van der Waals surface area contributed by atoms with Crippen LogP contribution in [-0.4, -0.2) is 40.2 Å². The molecule has 0 amide bonds. The number of nitrogens with zero attached hydrogens (tertiary/aromatic N) is 5. The number of ether oxygens (including phenoxy) is 2. The molecule has 1 aliphatic rings. The van der Waals surface area contributed by atoms with Crippen LogP contribution in [0.4, 0.5) is 0 Å². The minimum absolute atomic E-state index is 0.558. The Kier molecular flexibility index (Phi) is 3.45. The third-order valence-corrected chi connectivity index (χ3v) is 3.97. The zero-order chi connectivity index (χ0) is 16.5. The van der Waals surface area contributed by atoms with Gasteiger partial charge in [0.2, 0.25) is 0 Å². The van der Waals surface area contributed by atoms with Crippen molar-refractivity contribution in [2.75, 3.05) is 14.2 Å². The zero-order valence-electron chi connectivity index (χ0n) is 13.3. The summed E-state index contributed by atoms with van der Waals surface area (Å²) in [6.45, 7) is 0. The highest BCUT2D eigenvalue weighted by Gasteiger charge is 2.22. The number of hydrogen-bond acceptors (Lipinski definition) is 6. The topological polar surface area (TPSA) is 74.4 Å². The van der Waals surface area contributed by atoms with Gasteiger partial charge in [0.05, 0.1) is 14.2 Å². The molecule has 0 spiro atoms. The van der Waals surface area contributed by atoms with Crippen LogP contribution in [0, 0.1) is 0 Å². The van der Waals surface area contributed by atoms with Gasteiger partial charge in [-0.1, -0.05) is 30.3 Å². The van der Waals surface area contributed by atoms with E-state index in [-0.39, 0.29) is 0 Å². The van der Waals surface area contributed by atoms with Gasteiger partial charge in [-0.05, 0) is 28.1 Å². The molecule has 2 heterocycles. The first kappa shape index (κ1) is 14.4. The van der Waals surface area contributed by atoms with Gasteiger partial charge in [-0.15, -0.1) is 15.0 Å². The summed E-state index contributed by atoms with van der Waals surface area (Å²) in [5, 5.41) is 16.4. The highest BCUT2D eigenvalue weighted by atomic mass is 16.5. The molecule has 3 aromatic rings. The first-order valence-corrected chi connectivity index (χ1v) is 7.47. The summed E-state index contributed by atoms with van der Waals surface area (Å²) >= 11 is 0. The molecular formula is C17H15N5O2. The van der Waals surface area contributed by atoms with Crippen molar-refractivity contribution in [3.8, 4) is 11.5 Å². The van der Waals surface area contributed by atoms with Gasteiger partial charge >= 0.3 is 0 Å². The molecule has 0 atom stereocenters. The summed E-state index contributed by atoms with van der Waals surface area (Å²) in [5.74, 6) is 2.00. The summed E-state index contributed by atoms with van der Waals surface area (Å²) in [4.78, 5) is 1.47. The van der Waals surface area contributed by atoms with Crippen LogP contribution >= 0.6 is 0 Å². The lowest BCUT2D eigenvalue weighted by Gasteiger charge is -2.14. The Morgan fingerprint density at radius 1 is 1.00 bits per heavy atom. The molecule has 24 heavy (non-hydrogen) atoms. The lowest BCUT2D eigenvalue weighted by atomic mass is 9.95. The number of hydrogen-bond donors (Lipinski definition) is 0. The SMILES string of the molecule is COc1cc2c(cc1OC)C(c1ccccc1)=Nn1nnnc1C2. The molecule has 0 N–H and O–H groups in total. The highest BCUT2D eigenvalue weighted by molar-refractivity contribution is 6.14. The monoisotopic (exact) mass is 321 g/mol. The van der Waals surface area contributed by atoms with E-state index >= 15 is 0 Å². The van der Waals surface area contributed by atoms with E-state index in [0.717, 1.165) is 22.4 Å². The van der Waals surface area contributed by atoms with Crippen LogP contribution in [0.1, 0.15) is 22.5 Å². The van der Waals surface area contributed by atoms with Crippen LogP contribution in [0.2, 0.25) is 0 Å². The van der Waals surface area contributed by atoms with E-state index in [1.807, 2.05) is 42.5 Å². The molecule has 120 valence electrons. The molecule has 0 saturated carbocycles. The number of methoxy groups -OCH3 is 2. The summed E-state index contributed by atoms with van der Waals surface area (Å²) in [7, 11) is 3.24. The van der Waals surface area contributed by atoms with Gasteiger partial charge in [0.1, 0.15) is 5.71 Å². The fraction of sp³-hybridized carbons (Fsp3) is 0.176. The van der Waals surface area contributed by atoms with E-state index < -0.39 is 0 Å². The van der Waals surface area contributed by atoms with Gasteiger partial charge in [0.25, 0.3) is 0 Å². The van der Waals surface area contributed by atoms with Crippen LogP contribution in [0.15, 0.2) is 47.6 Å². The number of benzene rings is 2. The predicted molar refractivity (Wildman–Crippen MR) is 87.6 cm³/mol. The minimum Gasteiger partial charge on any atom is -0.493 e. The molecule has 1 aromatic heterocycles. The molecule has 2 aromatic carbocycles. The quantitative estimate of drug-likeness (QED) is 0.576. The smallest absolute Gasteiger partial charge is 0.181 e. The van der Waals surface area contributed by atoms with Crippen LogP contribution in [-0.2, 0) is 6.42 Å². The standard InChI is InChI=1S/C17H15N5O2/c1-23-14-8-12-9-16-18-20-21-22(16)19-17(11-6-4-3-5-7-11)13(12)10-15(14)24-2/h3-8,10H,9H2,1-2H3. The Balaban J connectivity index is 1.99. The van der Waals surface area contributed by atoms with Crippen molar-refractivity contribution in [2.24, 2.45) is 5.10 Å². The van der Waals surface area contributed by atoms with E-state index in [1.54, 1.807) is 14.2 Å². The predicted octanol–water partition coefficient (Wildman–Crippen LogP) is 1.90. The molecule has 0 radical (unpaired) electrons. The molecule has 0 bridgehead atoms. The number of aromatic nitrogens is 4. The Labute approximate surface area is 138 Å². The Morgan fingerprint density at radius 2 is 1.75 bits per heavy atom. The number of fused-ring (bicyclic) bond motifs is 2. The summed E-state index contributed by atoms with van der Waals surface area (Å²) in [6.07, 6.45) is 0.558. The molecule has 0 aliphatic carbocycles. The lowest BCUT2D eigenvalue weighted by molar-refractivity contribution is 0.354. The average molecular weight is 321 g/mol. The van der Waals surface area contributed by atoms with Gasteiger partial charge in [-0.25, -0.2) is 0 Å². The molecule has 4 rings (SSSR count). The molecule has 1 aliphatic heterocycles. The second kappa shape index (κ2) is 5.77. The van der Waals surface area contributed by atoms with E-state index in [9.17, 15) is 0 Å². The fourth-order valence-electron chi connectivity index (χ4n) is 2.80. The summed E-state index contributed by atoms with van der Waals surface area (Å²) in [5.41, 5.74) is 3.77. The van der Waals surface area contributed by atoms with Gasteiger partial charge in [-0.3, -0.25) is 0 Å². The van der Waals surface area contributed by atoms with E-state index in [1.165, 1.54) is 4.79 Å². The molecule has 7 nitrogen and oxygen atoms in total. The van der Waals surface area contributed by atoms with E-state index in [0.29, 0.717) is 23.7 Å². The summed E-state index contributed by atoms with van der Waals surface area (Å²) in [6, 6.07) is 13.8. The lowest BCUT2D eigenvalue weighted by Crippen LogP contribution is -2.08. The molecular weight excluding hydrogens is 306 g/mol.